The minimum atomic E-state index is -0.437. The Hall–Kier alpha value is -1.50. The number of piperazine rings is 1. The first-order valence-electron chi connectivity index (χ1n) is 7.34. The van der Waals surface area contributed by atoms with Gasteiger partial charge in [-0.15, -0.1) is 0 Å². The van der Waals surface area contributed by atoms with Crippen molar-refractivity contribution in [3.8, 4) is 0 Å². The van der Waals surface area contributed by atoms with E-state index in [0.29, 0.717) is 26.2 Å². The molecule has 0 aliphatic carbocycles. The standard InChI is InChI=1S/C15H20FN3O2/c16-12-3-1-2-11(8-12)13-9-17-4-6-19(13)15(20)14-10-18-5-7-21-14/h1-3,8,13-14,17-18H,4-7,9-10H2/t13?,14-/m1/s1. The zero-order valence-corrected chi connectivity index (χ0v) is 11.8. The number of ether oxygens (including phenoxy) is 1. The van der Waals surface area contributed by atoms with Crippen LogP contribution in [0.1, 0.15) is 11.6 Å². The molecule has 2 N–H and O–H groups in total. The van der Waals surface area contributed by atoms with Gasteiger partial charge in [0.25, 0.3) is 5.91 Å². The van der Waals surface area contributed by atoms with Crippen molar-refractivity contribution in [1.29, 1.82) is 0 Å². The average molecular weight is 293 g/mol. The third-order valence-electron chi connectivity index (χ3n) is 3.96. The fourth-order valence-corrected chi connectivity index (χ4v) is 2.89. The number of carbonyl (C=O) groups is 1. The van der Waals surface area contributed by atoms with E-state index in [1.807, 2.05) is 11.0 Å². The van der Waals surface area contributed by atoms with Crippen LogP contribution in [0, 0.1) is 5.82 Å². The third kappa shape index (κ3) is 3.23. The molecule has 1 unspecified atom stereocenters. The predicted octanol–water partition coefficient (Wildman–Crippen LogP) is 0.287. The number of hydrogen-bond donors (Lipinski definition) is 2. The molecular weight excluding hydrogens is 273 g/mol. The lowest BCUT2D eigenvalue weighted by molar-refractivity contribution is -0.148. The Kier molecular flexibility index (Phi) is 4.48. The van der Waals surface area contributed by atoms with E-state index in [1.54, 1.807) is 6.07 Å². The van der Waals surface area contributed by atoms with Gasteiger partial charge in [-0.25, -0.2) is 4.39 Å². The highest BCUT2D eigenvalue weighted by molar-refractivity contribution is 5.82. The summed E-state index contributed by atoms with van der Waals surface area (Å²) in [7, 11) is 0. The molecule has 0 radical (unpaired) electrons. The Balaban J connectivity index is 1.79. The molecular formula is C15H20FN3O2. The van der Waals surface area contributed by atoms with E-state index in [1.165, 1.54) is 12.1 Å². The second kappa shape index (κ2) is 6.51. The van der Waals surface area contributed by atoms with Gasteiger partial charge in [-0.1, -0.05) is 12.1 Å². The third-order valence-corrected chi connectivity index (χ3v) is 3.96. The van der Waals surface area contributed by atoms with Crippen LogP contribution in [0.4, 0.5) is 4.39 Å². The predicted molar refractivity (Wildman–Crippen MR) is 76.3 cm³/mol. The number of halogens is 1. The van der Waals surface area contributed by atoms with Crippen molar-refractivity contribution >= 4 is 5.91 Å². The number of benzene rings is 1. The van der Waals surface area contributed by atoms with Gasteiger partial charge in [0.05, 0.1) is 12.6 Å². The topological polar surface area (TPSA) is 53.6 Å². The van der Waals surface area contributed by atoms with Crippen LogP contribution in [0.3, 0.4) is 0 Å². The van der Waals surface area contributed by atoms with E-state index >= 15 is 0 Å². The maximum absolute atomic E-state index is 13.4. The van der Waals surface area contributed by atoms with E-state index in [-0.39, 0.29) is 17.8 Å². The van der Waals surface area contributed by atoms with Gasteiger partial charge >= 0.3 is 0 Å². The number of amides is 1. The Bertz CT molecular complexity index is 505. The maximum Gasteiger partial charge on any atom is 0.253 e. The molecule has 2 fully saturated rings. The quantitative estimate of drug-likeness (QED) is 0.823. The molecule has 1 amide bonds. The van der Waals surface area contributed by atoms with Crippen LogP contribution in [0.15, 0.2) is 24.3 Å². The highest BCUT2D eigenvalue weighted by atomic mass is 19.1. The number of nitrogens with zero attached hydrogens (tertiary/aromatic N) is 1. The van der Waals surface area contributed by atoms with E-state index in [9.17, 15) is 9.18 Å². The molecule has 2 atom stereocenters. The van der Waals surface area contributed by atoms with Gasteiger partial charge in [-0.05, 0) is 17.7 Å². The Labute approximate surface area is 123 Å². The molecule has 0 aromatic heterocycles. The van der Waals surface area contributed by atoms with E-state index in [0.717, 1.165) is 18.7 Å². The van der Waals surface area contributed by atoms with Crippen LogP contribution in [0.25, 0.3) is 0 Å². The molecule has 1 aromatic carbocycles. The first-order chi connectivity index (χ1) is 10.3. The smallest absolute Gasteiger partial charge is 0.253 e. The molecule has 0 bridgehead atoms. The lowest BCUT2D eigenvalue weighted by Crippen LogP contribution is -2.55. The summed E-state index contributed by atoms with van der Waals surface area (Å²) in [5, 5.41) is 6.44. The summed E-state index contributed by atoms with van der Waals surface area (Å²) in [6.07, 6.45) is -0.437. The van der Waals surface area contributed by atoms with Crippen molar-refractivity contribution in [3.63, 3.8) is 0 Å². The summed E-state index contributed by atoms with van der Waals surface area (Å²) in [5.41, 5.74) is 0.819. The second-order valence-electron chi connectivity index (χ2n) is 5.37. The molecule has 21 heavy (non-hydrogen) atoms. The average Bonchev–Trinajstić information content (AvgIpc) is 2.55. The van der Waals surface area contributed by atoms with Gasteiger partial charge in [0.2, 0.25) is 0 Å². The highest BCUT2D eigenvalue weighted by Crippen LogP contribution is 2.24. The number of nitrogens with one attached hydrogen (secondary N) is 2. The van der Waals surface area contributed by atoms with Crippen LogP contribution in [0.2, 0.25) is 0 Å². The minimum absolute atomic E-state index is 0.0158. The van der Waals surface area contributed by atoms with Crippen LogP contribution >= 0.6 is 0 Å². The second-order valence-corrected chi connectivity index (χ2v) is 5.37. The van der Waals surface area contributed by atoms with E-state index < -0.39 is 6.10 Å². The largest absolute Gasteiger partial charge is 0.366 e. The highest BCUT2D eigenvalue weighted by Gasteiger charge is 2.33. The molecule has 5 nitrogen and oxygen atoms in total. The fraction of sp³-hybridized carbons (Fsp3) is 0.533. The Morgan fingerprint density at radius 3 is 2.90 bits per heavy atom. The number of hydrogen-bond acceptors (Lipinski definition) is 4. The van der Waals surface area contributed by atoms with Crippen LogP contribution < -0.4 is 10.6 Å². The van der Waals surface area contributed by atoms with Gasteiger partial charge in [0, 0.05) is 32.7 Å². The monoisotopic (exact) mass is 293 g/mol. The summed E-state index contributed by atoms with van der Waals surface area (Å²) < 4.78 is 19.0. The fourth-order valence-electron chi connectivity index (χ4n) is 2.89. The first kappa shape index (κ1) is 14.4. The van der Waals surface area contributed by atoms with Gasteiger partial charge in [-0.2, -0.15) is 0 Å². The first-order valence-corrected chi connectivity index (χ1v) is 7.34. The summed E-state index contributed by atoms with van der Waals surface area (Å²) >= 11 is 0. The van der Waals surface area contributed by atoms with Crippen LogP contribution in [-0.4, -0.2) is 56.2 Å². The summed E-state index contributed by atoms with van der Waals surface area (Å²) in [6, 6.07) is 6.31. The van der Waals surface area contributed by atoms with Crippen LogP contribution in [-0.2, 0) is 9.53 Å². The van der Waals surface area contributed by atoms with Crippen molar-refractivity contribution in [2.45, 2.75) is 12.1 Å². The summed E-state index contributed by atoms with van der Waals surface area (Å²) in [5.74, 6) is -0.293. The lowest BCUT2D eigenvalue weighted by Gasteiger charge is -2.39. The van der Waals surface area contributed by atoms with Crippen molar-refractivity contribution in [3.05, 3.63) is 35.6 Å². The van der Waals surface area contributed by atoms with E-state index in [4.69, 9.17) is 4.74 Å². The lowest BCUT2D eigenvalue weighted by atomic mass is 10.0. The van der Waals surface area contributed by atoms with Gasteiger partial charge in [-0.3, -0.25) is 4.79 Å². The molecule has 6 heteroatoms. The molecule has 2 heterocycles. The van der Waals surface area contributed by atoms with Gasteiger partial charge in [0.1, 0.15) is 11.9 Å². The maximum atomic E-state index is 13.4. The van der Waals surface area contributed by atoms with Crippen molar-refractivity contribution in [1.82, 2.24) is 15.5 Å². The SMILES string of the molecule is O=C([C@H]1CNCCO1)N1CCNCC1c1cccc(F)c1. The van der Waals surface area contributed by atoms with Crippen molar-refractivity contribution in [2.24, 2.45) is 0 Å². The van der Waals surface area contributed by atoms with E-state index in [2.05, 4.69) is 10.6 Å². The minimum Gasteiger partial charge on any atom is -0.366 e. The van der Waals surface area contributed by atoms with Gasteiger partial charge in [0.15, 0.2) is 0 Å². The molecule has 1 aromatic rings. The van der Waals surface area contributed by atoms with Crippen molar-refractivity contribution in [2.75, 3.05) is 39.3 Å². The molecule has 0 spiro atoms. The zero-order chi connectivity index (χ0) is 14.7. The number of rotatable bonds is 2. The molecule has 114 valence electrons. The van der Waals surface area contributed by atoms with Crippen LogP contribution in [0.5, 0.6) is 0 Å². The molecule has 2 saturated heterocycles. The normalized spacial score (nSPS) is 26.6. The Morgan fingerprint density at radius 1 is 1.29 bits per heavy atom. The number of morpholine rings is 1. The summed E-state index contributed by atoms with van der Waals surface area (Å²) in [4.78, 5) is 14.5. The molecule has 3 rings (SSSR count). The van der Waals surface area contributed by atoms with Gasteiger partial charge < -0.3 is 20.3 Å². The molecule has 2 aliphatic heterocycles. The summed E-state index contributed by atoms with van der Waals surface area (Å²) in [6.45, 7) is 3.86. The Morgan fingerprint density at radius 2 is 2.14 bits per heavy atom. The van der Waals surface area contributed by atoms with Crippen molar-refractivity contribution < 1.29 is 13.9 Å². The number of carbonyl (C=O) groups excluding carboxylic acids is 1. The zero-order valence-electron chi connectivity index (χ0n) is 11.8. The molecule has 0 saturated carbocycles. The molecule has 2 aliphatic rings.